The lowest BCUT2D eigenvalue weighted by atomic mass is 10.0. The van der Waals surface area contributed by atoms with Gasteiger partial charge in [0.2, 0.25) is 0 Å². The van der Waals surface area contributed by atoms with Gasteiger partial charge in [0.05, 0.1) is 12.2 Å². The van der Waals surface area contributed by atoms with Gasteiger partial charge in [0, 0.05) is 6.04 Å². The predicted octanol–water partition coefficient (Wildman–Crippen LogP) is 5.05. The van der Waals surface area contributed by atoms with Crippen molar-refractivity contribution in [2.45, 2.75) is 110 Å². The van der Waals surface area contributed by atoms with Gasteiger partial charge in [-0.3, -0.25) is 0 Å². The zero-order chi connectivity index (χ0) is 14.5. The van der Waals surface area contributed by atoms with Crippen LogP contribution in [0.1, 0.15) is 91.9 Å². The molecule has 0 aliphatic heterocycles. The van der Waals surface area contributed by atoms with Crippen LogP contribution in [0.5, 0.6) is 0 Å². The van der Waals surface area contributed by atoms with Crippen molar-refractivity contribution in [3.05, 3.63) is 0 Å². The lowest BCUT2D eigenvalue weighted by molar-refractivity contribution is -0.0224. The molecule has 116 valence electrons. The van der Waals surface area contributed by atoms with Crippen molar-refractivity contribution in [3.8, 4) is 0 Å². The van der Waals surface area contributed by atoms with Crippen LogP contribution < -0.4 is 5.73 Å². The minimum atomic E-state index is 0.133. The van der Waals surface area contributed by atoms with Crippen molar-refractivity contribution in [3.63, 3.8) is 0 Å². The number of hydrogen-bond acceptors (Lipinski definition) is 2. The molecule has 3 atom stereocenters. The van der Waals surface area contributed by atoms with E-state index in [2.05, 4.69) is 20.8 Å². The average Bonchev–Trinajstić information content (AvgIpc) is 2.38. The zero-order valence-corrected chi connectivity index (χ0v) is 13.8. The quantitative estimate of drug-likeness (QED) is 0.476. The molecule has 0 rings (SSSR count). The maximum absolute atomic E-state index is 6.14. The maximum Gasteiger partial charge on any atom is 0.0698 e. The van der Waals surface area contributed by atoms with E-state index in [4.69, 9.17) is 10.5 Å². The molecule has 19 heavy (non-hydrogen) atoms. The van der Waals surface area contributed by atoms with Gasteiger partial charge in [-0.25, -0.2) is 0 Å². The summed E-state index contributed by atoms with van der Waals surface area (Å²) in [7, 11) is 0. The minimum absolute atomic E-state index is 0.133. The van der Waals surface area contributed by atoms with Gasteiger partial charge < -0.3 is 10.5 Å². The van der Waals surface area contributed by atoms with Crippen molar-refractivity contribution in [1.29, 1.82) is 0 Å². The van der Waals surface area contributed by atoms with Gasteiger partial charge in [-0.05, 0) is 26.7 Å². The van der Waals surface area contributed by atoms with Crippen LogP contribution in [-0.4, -0.2) is 18.2 Å². The SMILES string of the molecule is CCCCCCCC(CCCCC)OC(C)C(C)N. The molecule has 0 aromatic carbocycles. The van der Waals surface area contributed by atoms with Crippen molar-refractivity contribution in [2.24, 2.45) is 5.73 Å². The van der Waals surface area contributed by atoms with Gasteiger partial charge in [0.15, 0.2) is 0 Å². The molecule has 0 saturated heterocycles. The van der Waals surface area contributed by atoms with E-state index in [-0.39, 0.29) is 12.1 Å². The molecule has 0 aromatic heterocycles. The monoisotopic (exact) mass is 271 g/mol. The molecule has 0 aliphatic rings. The van der Waals surface area contributed by atoms with Gasteiger partial charge in [0.25, 0.3) is 0 Å². The molecule has 0 saturated carbocycles. The largest absolute Gasteiger partial charge is 0.374 e. The summed E-state index contributed by atoms with van der Waals surface area (Å²) in [5.41, 5.74) is 5.91. The van der Waals surface area contributed by atoms with Crippen molar-refractivity contribution >= 4 is 0 Å². The lowest BCUT2D eigenvalue weighted by Gasteiger charge is -2.25. The Morgan fingerprint density at radius 2 is 1.26 bits per heavy atom. The molecule has 0 radical (unpaired) electrons. The van der Waals surface area contributed by atoms with Crippen LogP contribution >= 0.6 is 0 Å². The molecule has 0 bridgehead atoms. The number of rotatable bonds is 13. The van der Waals surface area contributed by atoms with E-state index >= 15 is 0 Å². The van der Waals surface area contributed by atoms with E-state index < -0.39 is 0 Å². The second kappa shape index (κ2) is 12.9. The Bertz CT molecular complexity index is 182. The Hall–Kier alpha value is -0.0800. The van der Waals surface area contributed by atoms with Crippen LogP contribution in [0.3, 0.4) is 0 Å². The average molecular weight is 271 g/mol. The van der Waals surface area contributed by atoms with Crippen LogP contribution in [-0.2, 0) is 4.74 Å². The topological polar surface area (TPSA) is 35.2 Å². The van der Waals surface area contributed by atoms with E-state index in [1.165, 1.54) is 64.2 Å². The van der Waals surface area contributed by atoms with E-state index in [0.29, 0.717) is 6.10 Å². The first-order valence-corrected chi connectivity index (χ1v) is 8.52. The predicted molar refractivity (Wildman–Crippen MR) is 85.5 cm³/mol. The second-order valence-corrected chi connectivity index (χ2v) is 6.02. The Balaban J connectivity index is 3.88. The highest BCUT2D eigenvalue weighted by molar-refractivity contribution is 4.67. The van der Waals surface area contributed by atoms with Crippen LogP contribution in [0.4, 0.5) is 0 Å². The fourth-order valence-corrected chi connectivity index (χ4v) is 2.31. The van der Waals surface area contributed by atoms with Crippen LogP contribution in [0, 0.1) is 0 Å². The van der Waals surface area contributed by atoms with Crippen molar-refractivity contribution in [2.75, 3.05) is 0 Å². The Morgan fingerprint density at radius 3 is 1.79 bits per heavy atom. The van der Waals surface area contributed by atoms with Gasteiger partial charge in [0.1, 0.15) is 0 Å². The summed E-state index contributed by atoms with van der Waals surface area (Å²) in [5, 5.41) is 0. The fraction of sp³-hybridized carbons (Fsp3) is 1.00. The molecule has 0 spiro atoms. The third kappa shape index (κ3) is 11.4. The lowest BCUT2D eigenvalue weighted by Crippen LogP contribution is -2.34. The highest BCUT2D eigenvalue weighted by Crippen LogP contribution is 2.17. The summed E-state index contributed by atoms with van der Waals surface area (Å²) in [5.74, 6) is 0. The van der Waals surface area contributed by atoms with Gasteiger partial charge in [-0.15, -0.1) is 0 Å². The Labute approximate surface area is 121 Å². The standard InChI is InChI=1S/C17H37NO/c1-5-7-9-10-12-14-17(13-11-8-6-2)19-16(4)15(3)18/h15-17H,5-14,18H2,1-4H3. The number of hydrogen-bond donors (Lipinski definition) is 1. The molecule has 0 aliphatic carbocycles. The van der Waals surface area contributed by atoms with E-state index in [9.17, 15) is 0 Å². The molecule has 0 amide bonds. The summed E-state index contributed by atoms with van der Waals surface area (Å²) in [4.78, 5) is 0. The smallest absolute Gasteiger partial charge is 0.0698 e. The molecule has 0 heterocycles. The first-order chi connectivity index (χ1) is 9.11. The normalized spacial score (nSPS) is 16.3. The van der Waals surface area contributed by atoms with Gasteiger partial charge in [-0.2, -0.15) is 0 Å². The Morgan fingerprint density at radius 1 is 0.789 bits per heavy atom. The minimum Gasteiger partial charge on any atom is -0.374 e. The van der Waals surface area contributed by atoms with Crippen LogP contribution in [0.15, 0.2) is 0 Å². The molecular weight excluding hydrogens is 234 g/mol. The van der Waals surface area contributed by atoms with Crippen molar-refractivity contribution < 1.29 is 4.74 Å². The molecule has 2 nitrogen and oxygen atoms in total. The third-order valence-corrected chi connectivity index (χ3v) is 3.91. The summed E-state index contributed by atoms with van der Waals surface area (Å²) in [6.07, 6.45) is 13.7. The van der Waals surface area contributed by atoms with Gasteiger partial charge in [-0.1, -0.05) is 65.2 Å². The first-order valence-electron chi connectivity index (χ1n) is 8.52. The number of ether oxygens (including phenoxy) is 1. The summed E-state index contributed by atoms with van der Waals surface area (Å²) in [6, 6.07) is 0.133. The van der Waals surface area contributed by atoms with E-state index in [1.54, 1.807) is 0 Å². The number of unbranched alkanes of at least 4 members (excludes halogenated alkanes) is 6. The maximum atomic E-state index is 6.14. The molecule has 2 N–H and O–H groups in total. The molecule has 0 aromatic rings. The molecule has 0 fully saturated rings. The summed E-state index contributed by atoms with van der Waals surface area (Å²) < 4.78 is 6.14. The second-order valence-electron chi connectivity index (χ2n) is 6.02. The molecular formula is C17H37NO. The zero-order valence-electron chi connectivity index (χ0n) is 13.8. The highest BCUT2D eigenvalue weighted by Gasteiger charge is 2.15. The molecule has 3 unspecified atom stereocenters. The first kappa shape index (κ1) is 18.9. The van der Waals surface area contributed by atoms with Crippen LogP contribution in [0.2, 0.25) is 0 Å². The number of nitrogens with two attached hydrogens (primary N) is 1. The fourth-order valence-electron chi connectivity index (χ4n) is 2.31. The van der Waals surface area contributed by atoms with Crippen LogP contribution in [0.25, 0.3) is 0 Å². The highest BCUT2D eigenvalue weighted by atomic mass is 16.5. The third-order valence-electron chi connectivity index (χ3n) is 3.91. The van der Waals surface area contributed by atoms with E-state index in [0.717, 1.165) is 0 Å². The van der Waals surface area contributed by atoms with E-state index in [1.807, 2.05) is 6.92 Å². The molecule has 2 heteroatoms. The summed E-state index contributed by atoms with van der Waals surface area (Å²) >= 11 is 0. The Kier molecular flexibility index (Phi) is 12.9. The van der Waals surface area contributed by atoms with Crippen molar-refractivity contribution in [1.82, 2.24) is 0 Å². The van der Waals surface area contributed by atoms with Gasteiger partial charge >= 0.3 is 0 Å². The summed E-state index contributed by atoms with van der Waals surface area (Å²) in [6.45, 7) is 8.66.